The molecule has 3 rings (SSSR count). The van der Waals surface area contributed by atoms with Gasteiger partial charge >= 0.3 is 5.97 Å². The average molecular weight is 257 g/mol. The van der Waals surface area contributed by atoms with Crippen LogP contribution in [0.25, 0.3) is 10.9 Å². The topological polar surface area (TPSA) is 75.1 Å². The first-order chi connectivity index (χ1) is 9.07. The molecule has 19 heavy (non-hydrogen) atoms. The molecule has 1 aromatic heterocycles. The summed E-state index contributed by atoms with van der Waals surface area (Å²) in [4.78, 5) is 19.4. The number of carbonyl (C=O) groups is 1. The summed E-state index contributed by atoms with van der Waals surface area (Å²) in [6.07, 6.45) is 4.96. The third-order valence-corrected chi connectivity index (χ3v) is 3.76. The Balaban J connectivity index is 2.03. The van der Waals surface area contributed by atoms with Crippen molar-refractivity contribution < 1.29 is 9.90 Å². The number of hydrogen-bond donors (Lipinski definition) is 2. The number of aromatic nitrogens is 2. The van der Waals surface area contributed by atoms with Crippen LogP contribution in [0.1, 0.15) is 36.5 Å². The third-order valence-electron chi connectivity index (χ3n) is 3.76. The van der Waals surface area contributed by atoms with Crippen LogP contribution in [-0.4, -0.2) is 26.6 Å². The van der Waals surface area contributed by atoms with E-state index >= 15 is 0 Å². The first kappa shape index (κ1) is 11.9. The lowest BCUT2D eigenvalue weighted by Crippen LogP contribution is -2.41. The molecular weight excluding hydrogens is 242 g/mol. The van der Waals surface area contributed by atoms with Crippen LogP contribution in [0, 0.1) is 0 Å². The van der Waals surface area contributed by atoms with Crippen LogP contribution in [0.3, 0.4) is 0 Å². The lowest BCUT2D eigenvalue weighted by Gasteiger charge is -2.39. The molecule has 2 N–H and O–H groups in total. The van der Waals surface area contributed by atoms with E-state index in [1.165, 1.54) is 12.7 Å². The summed E-state index contributed by atoms with van der Waals surface area (Å²) in [6, 6.07) is 4.93. The lowest BCUT2D eigenvalue weighted by molar-refractivity contribution is 0.0697. The quantitative estimate of drug-likeness (QED) is 0.884. The van der Waals surface area contributed by atoms with Gasteiger partial charge in [0.25, 0.3) is 0 Å². The Morgan fingerprint density at radius 3 is 2.79 bits per heavy atom. The summed E-state index contributed by atoms with van der Waals surface area (Å²) in [6.45, 7) is 2.18. The van der Waals surface area contributed by atoms with E-state index in [0.29, 0.717) is 5.52 Å². The van der Waals surface area contributed by atoms with Crippen LogP contribution in [0.5, 0.6) is 0 Å². The largest absolute Gasteiger partial charge is 0.478 e. The Labute approximate surface area is 110 Å². The van der Waals surface area contributed by atoms with Crippen molar-refractivity contribution in [3.8, 4) is 0 Å². The van der Waals surface area contributed by atoms with Crippen molar-refractivity contribution >= 4 is 22.7 Å². The fourth-order valence-electron chi connectivity index (χ4n) is 2.41. The zero-order chi connectivity index (χ0) is 13.5. The number of anilines is 1. The number of fused-ring (bicyclic) bond motifs is 1. The van der Waals surface area contributed by atoms with Gasteiger partial charge in [0.2, 0.25) is 0 Å². The van der Waals surface area contributed by atoms with E-state index in [4.69, 9.17) is 5.11 Å². The molecule has 0 bridgehead atoms. The Bertz CT molecular complexity index is 650. The molecule has 0 atom stereocenters. The normalized spacial score (nSPS) is 16.9. The number of carboxylic acid groups (broad SMARTS) is 1. The van der Waals surface area contributed by atoms with Crippen molar-refractivity contribution in [3.05, 3.63) is 30.1 Å². The van der Waals surface area contributed by atoms with E-state index < -0.39 is 5.97 Å². The minimum atomic E-state index is -0.944. The van der Waals surface area contributed by atoms with E-state index in [9.17, 15) is 4.79 Å². The Kier molecular flexibility index (Phi) is 2.62. The van der Waals surface area contributed by atoms with Crippen LogP contribution < -0.4 is 5.32 Å². The van der Waals surface area contributed by atoms with E-state index in [1.807, 2.05) is 0 Å². The van der Waals surface area contributed by atoms with Crippen LogP contribution in [0.4, 0.5) is 5.82 Å². The second-order valence-corrected chi connectivity index (χ2v) is 5.30. The fourth-order valence-corrected chi connectivity index (χ4v) is 2.41. The molecule has 0 unspecified atom stereocenters. The molecule has 5 nitrogen and oxygen atoms in total. The molecule has 0 spiro atoms. The third kappa shape index (κ3) is 2.12. The van der Waals surface area contributed by atoms with E-state index in [0.717, 1.165) is 24.0 Å². The SMILES string of the molecule is CC1(Nc2ncnc3cc(C(=O)O)ccc23)CCC1. The molecule has 0 radical (unpaired) electrons. The summed E-state index contributed by atoms with van der Waals surface area (Å²) < 4.78 is 0. The van der Waals surface area contributed by atoms with Gasteiger partial charge in [-0.15, -0.1) is 0 Å². The molecule has 1 aromatic carbocycles. The van der Waals surface area contributed by atoms with Crippen molar-refractivity contribution in [3.63, 3.8) is 0 Å². The van der Waals surface area contributed by atoms with Crippen molar-refractivity contribution in [2.45, 2.75) is 31.7 Å². The van der Waals surface area contributed by atoms with Gasteiger partial charge in [0.15, 0.2) is 0 Å². The van der Waals surface area contributed by atoms with Gasteiger partial charge in [-0.25, -0.2) is 14.8 Å². The number of nitrogens with zero attached hydrogens (tertiary/aromatic N) is 2. The van der Waals surface area contributed by atoms with Gasteiger partial charge in [0.1, 0.15) is 12.1 Å². The summed E-state index contributed by atoms with van der Waals surface area (Å²) in [5.74, 6) is -0.162. The monoisotopic (exact) mass is 257 g/mol. The number of rotatable bonds is 3. The molecule has 0 saturated heterocycles. The van der Waals surface area contributed by atoms with Crippen molar-refractivity contribution in [2.24, 2.45) is 0 Å². The summed E-state index contributed by atoms with van der Waals surface area (Å²) in [5, 5.41) is 13.3. The second-order valence-electron chi connectivity index (χ2n) is 5.30. The minimum absolute atomic E-state index is 0.104. The highest BCUT2D eigenvalue weighted by Crippen LogP contribution is 2.35. The zero-order valence-electron chi connectivity index (χ0n) is 10.7. The van der Waals surface area contributed by atoms with Crippen LogP contribution in [0.15, 0.2) is 24.5 Å². The number of hydrogen-bond acceptors (Lipinski definition) is 4. The van der Waals surface area contributed by atoms with Crippen LogP contribution >= 0.6 is 0 Å². The van der Waals surface area contributed by atoms with Gasteiger partial charge in [0, 0.05) is 10.9 Å². The molecular formula is C14H15N3O2. The predicted molar refractivity (Wildman–Crippen MR) is 72.4 cm³/mol. The van der Waals surface area contributed by atoms with Crippen LogP contribution in [-0.2, 0) is 0 Å². The molecule has 1 saturated carbocycles. The second kappa shape index (κ2) is 4.19. The van der Waals surface area contributed by atoms with Crippen molar-refractivity contribution in [2.75, 3.05) is 5.32 Å². The molecule has 98 valence electrons. The number of benzene rings is 1. The highest BCUT2D eigenvalue weighted by atomic mass is 16.4. The lowest BCUT2D eigenvalue weighted by atomic mass is 9.78. The summed E-state index contributed by atoms with van der Waals surface area (Å²) in [7, 11) is 0. The Morgan fingerprint density at radius 1 is 1.37 bits per heavy atom. The predicted octanol–water partition coefficient (Wildman–Crippen LogP) is 2.68. The van der Waals surface area contributed by atoms with E-state index in [-0.39, 0.29) is 11.1 Å². The standard InChI is InChI=1S/C14H15N3O2/c1-14(5-2-6-14)17-12-10-4-3-9(13(18)19)7-11(10)15-8-16-12/h3-4,7-8H,2,5-6H2,1H3,(H,18,19)(H,15,16,17). The van der Waals surface area contributed by atoms with Gasteiger partial charge < -0.3 is 10.4 Å². The van der Waals surface area contributed by atoms with E-state index in [1.54, 1.807) is 18.2 Å². The molecule has 5 heteroatoms. The molecule has 2 aromatic rings. The summed E-state index contributed by atoms with van der Waals surface area (Å²) in [5.41, 5.74) is 1.000. The van der Waals surface area contributed by atoms with Gasteiger partial charge in [-0.3, -0.25) is 0 Å². The maximum absolute atomic E-state index is 11.0. The van der Waals surface area contributed by atoms with E-state index in [2.05, 4.69) is 22.2 Å². The highest BCUT2D eigenvalue weighted by molar-refractivity contribution is 5.96. The van der Waals surface area contributed by atoms with Gasteiger partial charge in [-0.05, 0) is 44.4 Å². The molecule has 1 heterocycles. The number of nitrogens with one attached hydrogen (secondary N) is 1. The molecule has 0 aliphatic heterocycles. The zero-order valence-corrected chi connectivity index (χ0v) is 10.7. The molecule has 1 aliphatic carbocycles. The highest BCUT2D eigenvalue weighted by Gasteiger charge is 2.32. The van der Waals surface area contributed by atoms with Gasteiger partial charge in [-0.1, -0.05) is 0 Å². The number of aromatic carboxylic acids is 1. The fraction of sp³-hybridized carbons (Fsp3) is 0.357. The first-order valence-corrected chi connectivity index (χ1v) is 6.34. The van der Waals surface area contributed by atoms with Crippen molar-refractivity contribution in [1.82, 2.24) is 9.97 Å². The number of carboxylic acids is 1. The molecule has 0 amide bonds. The Morgan fingerprint density at radius 2 is 2.16 bits per heavy atom. The average Bonchev–Trinajstić information content (AvgIpc) is 2.36. The maximum atomic E-state index is 11.0. The van der Waals surface area contributed by atoms with Gasteiger partial charge in [0.05, 0.1) is 11.1 Å². The summed E-state index contributed by atoms with van der Waals surface area (Å²) >= 11 is 0. The first-order valence-electron chi connectivity index (χ1n) is 6.34. The van der Waals surface area contributed by atoms with Crippen molar-refractivity contribution in [1.29, 1.82) is 0 Å². The molecule has 1 aliphatic rings. The maximum Gasteiger partial charge on any atom is 0.335 e. The Hall–Kier alpha value is -2.17. The van der Waals surface area contributed by atoms with Gasteiger partial charge in [-0.2, -0.15) is 0 Å². The smallest absolute Gasteiger partial charge is 0.335 e. The molecule has 1 fully saturated rings. The van der Waals surface area contributed by atoms with Crippen LogP contribution in [0.2, 0.25) is 0 Å². The minimum Gasteiger partial charge on any atom is -0.478 e.